The summed E-state index contributed by atoms with van der Waals surface area (Å²) in [5.74, 6) is -1.75. The van der Waals surface area contributed by atoms with Crippen LogP contribution in [0.15, 0.2) is 11.6 Å². The molecule has 1 rings (SSSR count). The Morgan fingerprint density at radius 1 is 1.62 bits per heavy atom. The molecule has 0 radical (unpaired) electrons. The summed E-state index contributed by atoms with van der Waals surface area (Å²) in [5, 5.41) is 8.61. The van der Waals surface area contributed by atoms with Gasteiger partial charge in [0.2, 0.25) is 0 Å². The number of hydrogen-bond donors (Lipinski definition) is 1. The average Bonchev–Trinajstić information content (AvgIpc) is 2.60. The van der Waals surface area contributed by atoms with Crippen LogP contribution in [0.25, 0.3) is 0 Å². The number of carboxylic acid groups (broad SMARTS) is 1. The van der Waals surface area contributed by atoms with Crippen LogP contribution < -0.4 is 0 Å². The topological polar surface area (TPSA) is 89.9 Å². The van der Waals surface area contributed by atoms with Gasteiger partial charge in [-0.3, -0.25) is 4.79 Å². The van der Waals surface area contributed by atoms with E-state index in [2.05, 4.69) is 0 Å². The molecular weight excluding hydrogens is 216 g/mol. The summed E-state index contributed by atoms with van der Waals surface area (Å²) in [4.78, 5) is 32.4. The predicted octanol–water partition coefficient (Wildman–Crippen LogP) is -0.0831. The summed E-state index contributed by atoms with van der Waals surface area (Å²) in [6.45, 7) is 1.82. The van der Waals surface area contributed by atoms with Gasteiger partial charge in [-0.1, -0.05) is 0 Å². The number of hydrogen-bond acceptors (Lipinski definition) is 5. The van der Waals surface area contributed by atoms with Gasteiger partial charge in [-0.25, -0.2) is 4.79 Å². The number of carboxylic acids is 1. The van der Waals surface area contributed by atoms with Crippen LogP contribution in [0, 0.1) is 0 Å². The molecule has 6 heteroatoms. The van der Waals surface area contributed by atoms with Gasteiger partial charge in [-0.15, -0.1) is 0 Å². The third-order valence-corrected chi connectivity index (χ3v) is 2.02. The molecule has 6 nitrogen and oxygen atoms in total. The van der Waals surface area contributed by atoms with E-state index in [0.29, 0.717) is 6.29 Å². The Morgan fingerprint density at radius 2 is 2.31 bits per heavy atom. The molecule has 1 N–H and O–H groups in total. The summed E-state index contributed by atoms with van der Waals surface area (Å²) < 4.78 is 9.79. The van der Waals surface area contributed by atoms with E-state index in [4.69, 9.17) is 14.6 Å². The van der Waals surface area contributed by atoms with Crippen LogP contribution in [-0.4, -0.2) is 42.1 Å². The molecule has 0 aromatic heterocycles. The van der Waals surface area contributed by atoms with Gasteiger partial charge < -0.3 is 19.4 Å². The maximum absolute atomic E-state index is 11.4. The van der Waals surface area contributed by atoms with E-state index in [1.165, 1.54) is 6.08 Å². The van der Waals surface area contributed by atoms with Crippen LogP contribution in [0.4, 0.5) is 0 Å². The lowest BCUT2D eigenvalue weighted by Gasteiger charge is -2.11. The largest absolute Gasteiger partial charge is 0.481 e. The van der Waals surface area contributed by atoms with Crippen LogP contribution in [-0.2, 0) is 23.9 Å². The van der Waals surface area contributed by atoms with Crippen molar-refractivity contribution in [2.45, 2.75) is 25.6 Å². The Kier molecular flexibility index (Phi) is 4.19. The number of ether oxygens (including phenoxy) is 2. The number of aldehydes is 1. The second-order valence-electron chi connectivity index (χ2n) is 3.17. The number of rotatable bonds is 5. The summed E-state index contributed by atoms with van der Waals surface area (Å²) in [6, 6.07) is 0. The lowest BCUT2D eigenvalue weighted by Crippen LogP contribution is -2.23. The summed E-state index contributed by atoms with van der Waals surface area (Å²) in [6.07, 6.45) is -0.357. The highest BCUT2D eigenvalue weighted by Gasteiger charge is 2.33. The van der Waals surface area contributed by atoms with E-state index in [-0.39, 0.29) is 18.6 Å². The minimum absolute atomic E-state index is 0.0985. The monoisotopic (exact) mass is 228 g/mol. The second kappa shape index (κ2) is 5.41. The molecule has 0 saturated heterocycles. The molecule has 0 fully saturated rings. The lowest BCUT2D eigenvalue weighted by atomic mass is 10.1. The zero-order valence-corrected chi connectivity index (χ0v) is 8.71. The van der Waals surface area contributed by atoms with E-state index in [9.17, 15) is 14.4 Å². The van der Waals surface area contributed by atoms with E-state index < -0.39 is 24.1 Å². The average molecular weight is 228 g/mol. The number of esters is 1. The molecule has 16 heavy (non-hydrogen) atoms. The number of carbonyl (C=O) groups excluding carboxylic acids is 2. The molecule has 0 amide bonds. The molecule has 2 atom stereocenters. The predicted molar refractivity (Wildman–Crippen MR) is 51.7 cm³/mol. The molecular formula is C10H12O6. The Hall–Kier alpha value is -1.69. The fourth-order valence-corrected chi connectivity index (χ4v) is 1.39. The minimum Gasteiger partial charge on any atom is -0.481 e. The second-order valence-corrected chi connectivity index (χ2v) is 3.17. The number of carbonyl (C=O) groups is 3. The molecule has 0 saturated carbocycles. The highest BCUT2D eigenvalue weighted by molar-refractivity contribution is 5.92. The van der Waals surface area contributed by atoms with Crippen LogP contribution in [0.3, 0.4) is 0 Å². The van der Waals surface area contributed by atoms with E-state index >= 15 is 0 Å². The van der Waals surface area contributed by atoms with E-state index in [1.54, 1.807) is 6.92 Å². The van der Waals surface area contributed by atoms with Gasteiger partial charge in [0.05, 0.1) is 18.6 Å². The standard InChI is InChI=1S/C10H12O6/c1-2-15-10(14)7-3-6(5-11)16-8(7)4-9(12)13/h3,5-6,8H,2,4H2,1H3,(H,12,13). The van der Waals surface area contributed by atoms with Crippen molar-refractivity contribution in [2.24, 2.45) is 0 Å². The molecule has 0 aromatic carbocycles. The summed E-state index contributed by atoms with van der Waals surface area (Å²) in [5.41, 5.74) is 0.0985. The van der Waals surface area contributed by atoms with Gasteiger partial charge >= 0.3 is 11.9 Å². The first kappa shape index (κ1) is 12.4. The first-order valence-corrected chi connectivity index (χ1v) is 4.79. The van der Waals surface area contributed by atoms with Crippen molar-refractivity contribution in [1.29, 1.82) is 0 Å². The molecule has 0 bridgehead atoms. The highest BCUT2D eigenvalue weighted by atomic mass is 16.5. The minimum atomic E-state index is -1.10. The first-order valence-electron chi connectivity index (χ1n) is 4.79. The van der Waals surface area contributed by atoms with Crippen molar-refractivity contribution < 1.29 is 29.0 Å². The molecule has 1 heterocycles. The third-order valence-electron chi connectivity index (χ3n) is 2.02. The van der Waals surface area contributed by atoms with Gasteiger partial charge in [-0.05, 0) is 13.0 Å². The quantitative estimate of drug-likeness (QED) is 0.522. The smallest absolute Gasteiger partial charge is 0.336 e. The van der Waals surface area contributed by atoms with Crippen molar-refractivity contribution in [3.05, 3.63) is 11.6 Å². The fraction of sp³-hybridized carbons (Fsp3) is 0.500. The molecule has 2 unspecified atom stereocenters. The fourth-order valence-electron chi connectivity index (χ4n) is 1.39. The molecule has 1 aliphatic rings. The van der Waals surface area contributed by atoms with Gasteiger partial charge in [0.25, 0.3) is 0 Å². The van der Waals surface area contributed by atoms with Crippen molar-refractivity contribution in [1.82, 2.24) is 0 Å². The highest BCUT2D eigenvalue weighted by Crippen LogP contribution is 2.22. The van der Waals surface area contributed by atoms with Gasteiger partial charge in [0, 0.05) is 0 Å². The third kappa shape index (κ3) is 2.90. The SMILES string of the molecule is CCOC(=O)C1=CC(C=O)OC1CC(=O)O. The zero-order valence-electron chi connectivity index (χ0n) is 8.71. The summed E-state index contributed by atoms with van der Waals surface area (Å²) >= 11 is 0. The Bertz CT molecular complexity index is 332. The van der Waals surface area contributed by atoms with Crippen LogP contribution in [0.1, 0.15) is 13.3 Å². The van der Waals surface area contributed by atoms with Crippen LogP contribution in [0.5, 0.6) is 0 Å². The van der Waals surface area contributed by atoms with Gasteiger partial charge in [-0.2, -0.15) is 0 Å². The van der Waals surface area contributed by atoms with Crippen LogP contribution >= 0.6 is 0 Å². The van der Waals surface area contributed by atoms with Crippen molar-refractivity contribution in [2.75, 3.05) is 6.61 Å². The first-order chi connectivity index (χ1) is 7.58. The van der Waals surface area contributed by atoms with E-state index in [1.807, 2.05) is 0 Å². The zero-order chi connectivity index (χ0) is 12.1. The van der Waals surface area contributed by atoms with Crippen molar-refractivity contribution in [3.8, 4) is 0 Å². The molecule has 1 aliphatic heterocycles. The summed E-state index contributed by atoms with van der Waals surface area (Å²) in [7, 11) is 0. The van der Waals surface area contributed by atoms with Gasteiger partial charge in [0.15, 0.2) is 6.29 Å². The normalized spacial score (nSPS) is 23.7. The maximum Gasteiger partial charge on any atom is 0.336 e. The van der Waals surface area contributed by atoms with Gasteiger partial charge in [0.1, 0.15) is 12.2 Å². The molecule has 0 spiro atoms. The van der Waals surface area contributed by atoms with Crippen molar-refractivity contribution >= 4 is 18.2 Å². The maximum atomic E-state index is 11.4. The molecule has 88 valence electrons. The Labute approximate surface area is 91.8 Å². The molecule has 0 aromatic rings. The van der Waals surface area contributed by atoms with Crippen molar-refractivity contribution in [3.63, 3.8) is 0 Å². The Morgan fingerprint density at radius 3 is 2.81 bits per heavy atom. The van der Waals surface area contributed by atoms with E-state index in [0.717, 1.165) is 0 Å². The molecule has 0 aliphatic carbocycles. The van der Waals surface area contributed by atoms with Crippen LogP contribution in [0.2, 0.25) is 0 Å². The lowest BCUT2D eigenvalue weighted by molar-refractivity contribution is -0.142. The number of aliphatic carboxylic acids is 1. The Balaban J connectivity index is 2.77.